The van der Waals surface area contributed by atoms with Crippen LogP contribution in [0.25, 0.3) is 0 Å². The van der Waals surface area contributed by atoms with Gasteiger partial charge in [0.25, 0.3) is 0 Å². The van der Waals surface area contributed by atoms with Gasteiger partial charge in [-0.15, -0.1) is 0 Å². The van der Waals surface area contributed by atoms with Crippen LogP contribution in [0.3, 0.4) is 0 Å². The number of nitrogens with two attached hydrogens (primary N) is 1. The number of benzene rings is 1. The molecular formula is C9H12ClFN2. The molecule has 1 atom stereocenters. The summed E-state index contributed by atoms with van der Waals surface area (Å²) in [5.41, 5.74) is 3.53. The van der Waals surface area contributed by atoms with Crippen LogP contribution in [0.2, 0.25) is 5.02 Å². The highest BCUT2D eigenvalue weighted by Crippen LogP contribution is 2.21. The van der Waals surface area contributed by atoms with Crippen LogP contribution in [-0.2, 0) is 0 Å². The van der Waals surface area contributed by atoms with E-state index < -0.39 is 5.82 Å². The Balaban J connectivity index is 2.95. The zero-order chi connectivity index (χ0) is 9.84. The van der Waals surface area contributed by atoms with E-state index in [0.29, 0.717) is 0 Å². The molecule has 0 spiro atoms. The lowest BCUT2D eigenvalue weighted by Crippen LogP contribution is -2.27. The molecule has 0 heterocycles. The molecule has 2 nitrogen and oxygen atoms in total. The summed E-state index contributed by atoms with van der Waals surface area (Å²) in [5.74, 6) is 4.91. The van der Waals surface area contributed by atoms with E-state index in [1.807, 2.05) is 6.92 Å². The van der Waals surface area contributed by atoms with Crippen LogP contribution >= 0.6 is 11.6 Å². The van der Waals surface area contributed by atoms with Crippen LogP contribution in [-0.4, -0.2) is 0 Å². The molecule has 1 unspecified atom stereocenters. The van der Waals surface area contributed by atoms with Crippen LogP contribution in [0.15, 0.2) is 18.2 Å². The van der Waals surface area contributed by atoms with Crippen molar-refractivity contribution >= 4 is 11.6 Å². The SMILES string of the molecule is CCC(NN)c1ccc(F)c(Cl)c1. The third-order valence-electron chi connectivity index (χ3n) is 1.96. The average Bonchev–Trinajstić information content (AvgIpc) is 2.13. The van der Waals surface area contributed by atoms with Gasteiger partial charge < -0.3 is 0 Å². The van der Waals surface area contributed by atoms with Gasteiger partial charge in [0.1, 0.15) is 5.82 Å². The first-order chi connectivity index (χ1) is 6.19. The highest BCUT2D eigenvalue weighted by Gasteiger charge is 2.08. The minimum Gasteiger partial charge on any atom is -0.271 e. The number of hydrogen-bond acceptors (Lipinski definition) is 2. The molecule has 0 aliphatic heterocycles. The molecule has 4 heteroatoms. The van der Waals surface area contributed by atoms with E-state index >= 15 is 0 Å². The number of nitrogens with one attached hydrogen (secondary N) is 1. The lowest BCUT2D eigenvalue weighted by molar-refractivity contribution is 0.537. The Morgan fingerprint density at radius 3 is 2.77 bits per heavy atom. The molecule has 0 amide bonds. The van der Waals surface area contributed by atoms with Crippen molar-refractivity contribution in [3.63, 3.8) is 0 Å². The van der Waals surface area contributed by atoms with Crippen LogP contribution in [0.5, 0.6) is 0 Å². The van der Waals surface area contributed by atoms with E-state index in [1.165, 1.54) is 6.07 Å². The van der Waals surface area contributed by atoms with Crippen LogP contribution in [0.4, 0.5) is 4.39 Å². The topological polar surface area (TPSA) is 38.0 Å². The zero-order valence-electron chi connectivity index (χ0n) is 7.35. The van der Waals surface area contributed by atoms with Gasteiger partial charge in [0.05, 0.1) is 5.02 Å². The Morgan fingerprint density at radius 1 is 1.62 bits per heavy atom. The van der Waals surface area contributed by atoms with Crippen LogP contribution in [0, 0.1) is 5.82 Å². The predicted octanol–water partition coefficient (Wildman–Crippen LogP) is 2.39. The molecule has 0 aliphatic carbocycles. The molecule has 13 heavy (non-hydrogen) atoms. The minimum absolute atomic E-state index is 0.0260. The highest BCUT2D eigenvalue weighted by molar-refractivity contribution is 6.30. The lowest BCUT2D eigenvalue weighted by atomic mass is 10.1. The number of halogens is 2. The van der Waals surface area contributed by atoms with E-state index in [0.717, 1.165) is 12.0 Å². The van der Waals surface area contributed by atoms with Crippen molar-refractivity contribution < 1.29 is 4.39 Å². The van der Waals surface area contributed by atoms with Gasteiger partial charge in [0.2, 0.25) is 0 Å². The van der Waals surface area contributed by atoms with E-state index in [1.54, 1.807) is 12.1 Å². The van der Waals surface area contributed by atoms with Crippen molar-refractivity contribution in [3.05, 3.63) is 34.6 Å². The van der Waals surface area contributed by atoms with Gasteiger partial charge in [0, 0.05) is 6.04 Å². The molecule has 1 rings (SSSR count). The summed E-state index contributed by atoms with van der Waals surface area (Å²) in [6, 6.07) is 4.63. The molecule has 0 aromatic heterocycles. The molecular weight excluding hydrogens is 191 g/mol. The van der Waals surface area contributed by atoms with Crippen molar-refractivity contribution in [1.82, 2.24) is 5.43 Å². The Hall–Kier alpha value is -0.640. The van der Waals surface area contributed by atoms with Gasteiger partial charge in [-0.25, -0.2) is 4.39 Å². The normalized spacial score (nSPS) is 12.9. The van der Waals surface area contributed by atoms with Crippen LogP contribution in [0.1, 0.15) is 24.9 Å². The smallest absolute Gasteiger partial charge is 0.141 e. The Bertz CT molecular complexity index is 287. The van der Waals surface area contributed by atoms with Crippen molar-refractivity contribution in [2.24, 2.45) is 5.84 Å². The first-order valence-electron chi connectivity index (χ1n) is 4.10. The van der Waals surface area contributed by atoms with E-state index in [-0.39, 0.29) is 11.1 Å². The van der Waals surface area contributed by atoms with Gasteiger partial charge in [-0.05, 0) is 24.1 Å². The molecule has 0 saturated heterocycles. The molecule has 1 aromatic rings. The monoisotopic (exact) mass is 202 g/mol. The second kappa shape index (κ2) is 4.56. The maximum absolute atomic E-state index is 12.8. The van der Waals surface area contributed by atoms with E-state index in [9.17, 15) is 4.39 Å². The third kappa shape index (κ3) is 2.40. The quantitative estimate of drug-likeness (QED) is 0.584. The highest BCUT2D eigenvalue weighted by atomic mass is 35.5. The summed E-state index contributed by atoms with van der Waals surface area (Å²) in [6.45, 7) is 1.99. The van der Waals surface area contributed by atoms with Gasteiger partial charge >= 0.3 is 0 Å². The Labute approximate surface area is 81.9 Å². The third-order valence-corrected chi connectivity index (χ3v) is 2.25. The average molecular weight is 203 g/mol. The largest absolute Gasteiger partial charge is 0.271 e. The van der Waals surface area contributed by atoms with Crippen molar-refractivity contribution in [3.8, 4) is 0 Å². The minimum atomic E-state index is -0.405. The first kappa shape index (κ1) is 10.4. The molecule has 0 saturated carbocycles. The maximum atomic E-state index is 12.8. The Kier molecular flexibility index (Phi) is 3.66. The second-order valence-corrected chi connectivity index (χ2v) is 3.21. The molecule has 0 radical (unpaired) electrons. The summed E-state index contributed by atoms with van der Waals surface area (Å²) in [4.78, 5) is 0. The number of rotatable bonds is 3. The molecule has 3 N–H and O–H groups in total. The maximum Gasteiger partial charge on any atom is 0.141 e. The second-order valence-electron chi connectivity index (χ2n) is 2.80. The first-order valence-corrected chi connectivity index (χ1v) is 4.48. The van der Waals surface area contributed by atoms with E-state index in [2.05, 4.69) is 5.43 Å². The van der Waals surface area contributed by atoms with Gasteiger partial charge in [-0.1, -0.05) is 24.6 Å². The summed E-state index contributed by atoms with van der Waals surface area (Å²) in [7, 11) is 0. The zero-order valence-corrected chi connectivity index (χ0v) is 8.11. The molecule has 1 aromatic carbocycles. The fourth-order valence-electron chi connectivity index (χ4n) is 1.18. The molecule has 0 bridgehead atoms. The molecule has 0 fully saturated rings. The Morgan fingerprint density at radius 2 is 2.31 bits per heavy atom. The fraction of sp³-hybridized carbons (Fsp3) is 0.333. The van der Waals surface area contributed by atoms with Crippen LogP contribution < -0.4 is 11.3 Å². The predicted molar refractivity (Wildman–Crippen MR) is 51.8 cm³/mol. The summed E-state index contributed by atoms with van der Waals surface area (Å²) >= 11 is 5.63. The lowest BCUT2D eigenvalue weighted by Gasteiger charge is -2.13. The fourth-order valence-corrected chi connectivity index (χ4v) is 1.37. The van der Waals surface area contributed by atoms with Crippen molar-refractivity contribution in [1.29, 1.82) is 0 Å². The van der Waals surface area contributed by atoms with Gasteiger partial charge in [-0.2, -0.15) is 0 Å². The summed E-state index contributed by atoms with van der Waals surface area (Å²) in [6.07, 6.45) is 0.832. The summed E-state index contributed by atoms with van der Waals surface area (Å²) in [5, 5.41) is 0.131. The van der Waals surface area contributed by atoms with E-state index in [4.69, 9.17) is 17.4 Å². The van der Waals surface area contributed by atoms with Gasteiger partial charge in [0.15, 0.2) is 0 Å². The van der Waals surface area contributed by atoms with Crippen molar-refractivity contribution in [2.75, 3.05) is 0 Å². The summed E-state index contributed by atoms with van der Waals surface area (Å²) < 4.78 is 12.8. The standard InChI is InChI=1S/C9H12ClFN2/c1-2-9(13-12)6-3-4-8(11)7(10)5-6/h3-5,9,13H,2,12H2,1H3. The number of hydrogen-bond donors (Lipinski definition) is 2. The molecule has 0 aliphatic rings. The molecule has 72 valence electrons. The van der Waals surface area contributed by atoms with Crippen molar-refractivity contribution in [2.45, 2.75) is 19.4 Å². The number of hydrazine groups is 1. The van der Waals surface area contributed by atoms with Gasteiger partial charge in [-0.3, -0.25) is 11.3 Å².